The molecule has 1 saturated heterocycles. The third-order valence-corrected chi connectivity index (χ3v) is 7.66. The maximum absolute atomic E-state index is 13.2. The lowest BCUT2D eigenvalue weighted by Crippen LogP contribution is -2.32. The fourth-order valence-corrected chi connectivity index (χ4v) is 5.62. The molecule has 0 radical (unpaired) electrons. The normalized spacial score (nSPS) is 15.4. The van der Waals surface area contributed by atoms with Crippen LogP contribution in [0.15, 0.2) is 47.4 Å². The summed E-state index contributed by atoms with van der Waals surface area (Å²) in [7, 11) is -2.24. The summed E-state index contributed by atoms with van der Waals surface area (Å²) in [6, 6.07) is 10.2. The highest BCUT2D eigenvalue weighted by Gasteiger charge is 2.28. The Morgan fingerprint density at radius 2 is 1.72 bits per heavy atom. The molecular weight excluding hydrogens is 462 g/mol. The van der Waals surface area contributed by atoms with Crippen molar-refractivity contribution in [3.8, 4) is 5.75 Å². The summed E-state index contributed by atoms with van der Waals surface area (Å²) in [6.45, 7) is -1.84. The van der Waals surface area contributed by atoms with E-state index in [1.807, 2.05) is 0 Å². The monoisotopic (exact) mass is 486 g/mol. The fraction of sp³-hybridized carbons (Fsp3) is 0.409. The number of benzene rings is 2. The van der Waals surface area contributed by atoms with Crippen LogP contribution in [0.1, 0.15) is 41.6 Å². The van der Waals surface area contributed by atoms with E-state index in [2.05, 4.69) is 4.74 Å². The zero-order valence-corrected chi connectivity index (χ0v) is 19.2. The van der Waals surface area contributed by atoms with Crippen LogP contribution in [0, 0.1) is 0 Å². The zero-order valence-electron chi connectivity index (χ0n) is 17.6. The topological polar surface area (TPSA) is 66.9 Å². The largest absolute Gasteiger partial charge is 0.435 e. The van der Waals surface area contributed by atoms with Crippen LogP contribution >= 0.6 is 11.6 Å². The first-order chi connectivity index (χ1) is 15.2. The van der Waals surface area contributed by atoms with Crippen molar-refractivity contribution in [1.29, 1.82) is 0 Å². The highest BCUT2D eigenvalue weighted by atomic mass is 35.5. The molecule has 1 amide bonds. The highest BCUT2D eigenvalue weighted by Crippen LogP contribution is 2.28. The number of carbonyl (C=O) groups excluding carboxylic acids is 1. The van der Waals surface area contributed by atoms with Crippen molar-refractivity contribution in [2.45, 2.75) is 43.7 Å². The highest BCUT2D eigenvalue weighted by molar-refractivity contribution is 7.89. The predicted octanol–water partition coefficient (Wildman–Crippen LogP) is 4.78. The minimum atomic E-state index is -3.82. The number of rotatable bonds is 7. The Kier molecular flexibility index (Phi) is 8.08. The molecule has 3 rings (SSSR count). The summed E-state index contributed by atoms with van der Waals surface area (Å²) in [5, 5.41) is 0.0723. The van der Waals surface area contributed by atoms with E-state index in [0.717, 1.165) is 25.7 Å². The predicted molar refractivity (Wildman–Crippen MR) is 118 cm³/mol. The Morgan fingerprint density at radius 1 is 1.09 bits per heavy atom. The molecule has 0 aromatic heterocycles. The van der Waals surface area contributed by atoms with E-state index < -0.39 is 16.6 Å². The maximum atomic E-state index is 13.2. The number of hydrogen-bond acceptors (Lipinski definition) is 4. The summed E-state index contributed by atoms with van der Waals surface area (Å²) in [4.78, 5) is 14.3. The molecule has 32 heavy (non-hydrogen) atoms. The number of ether oxygens (including phenoxy) is 1. The Bertz CT molecular complexity index is 1040. The molecule has 1 aliphatic heterocycles. The van der Waals surface area contributed by atoms with Crippen LogP contribution in [0.3, 0.4) is 0 Å². The van der Waals surface area contributed by atoms with E-state index in [1.165, 1.54) is 39.5 Å². The number of amides is 1. The van der Waals surface area contributed by atoms with E-state index in [4.69, 9.17) is 11.6 Å². The van der Waals surface area contributed by atoms with E-state index in [-0.39, 0.29) is 33.7 Å². The van der Waals surface area contributed by atoms with Crippen LogP contribution in [0.2, 0.25) is 5.02 Å². The molecule has 174 valence electrons. The number of sulfonamides is 1. The van der Waals surface area contributed by atoms with E-state index in [0.29, 0.717) is 18.7 Å². The van der Waals surface area contributed by atoms with Gasteiger partial charge in [-0.15, -0.1) is 0 Å². The molecule has 10 heteroatoms. The molecule has 0 bridgehead atoms. The van der Waals surface area contributed by atoms with Crippen LogP contribution in [0.4, 0.5) is 8.78 Å². The molecular formula is C22H25ClF2N2O4S. The Hall–Kier alpha value is -2.23. The smallest absolute Gasteiger partial charge is 0.387 e. The van der Waals surface area contributed by atoms with Gasteiger partial charge in [0.25, 0.3) is 5.91 Å². The molecule has 0 unspecified atom stereocenters. The first-order valence-electron chi connectivity index (χ1n) is 10.3. The van der Waals surface area contributed by atoms with Gasteiger partial charge in [-0.25, -0.2) is 8.42 Å². The van der Waals surface area contributed by atoms with Crippen molar-refractivity contribution in [1.82, 2.24) is 9.21 Å². The van der Waals surface area contributed by atoms with Gasteiger partial charge in [0.2, 0.25) is 10.0 Å². The van der Waals surface area contributed by atoms with Gasteiger partial charge >= 0.3 is 6.61 Å². The van der Waals surface area contributed by atoms with Gasteiger partial charge in [-0.05, 0) is 48.7 Å². The van der Waals surface area contributed by atoms with Gasteiger partial charge in [-0.2, -0.15) is 13.1 Å². The number of nitrogens with zero attached hydrogens (tertiary/aromatic N) is 2. The fourth-order valence-electron chi connectivity index (χ4n) is 3.60. The molecule has 1 aliphatic rings. The first kappa shape index (κ1) is 24.4. The molecule has 0 aliphatic carbocycles. The lowest BCUT2D eigenvalue weighted by molar-refractivity contribution is -0.0498. The Labute approximate surface area is 191 Å². The van der Waals surface area contributed by atoms with Crippen LogP contribution < -0.4 is 4.74 Å². The van der Waals surface area contributed by atoms with Crippen LogP contribution in [-0.2, 0) is 16.6 Å². The summed E-state index contributed by atoms with van der Waals surface area (Å²) >= 11 is 6.21. The van der Waals surface area contributed by atoms with Gasteiger partial charge in [0.15, 0.2) is 0 Å². The van der Waals surface area contributed by atoms with Gasteiger partial charge in [0.05, 0.1) is 5.02 Å². The third kappa shape index (κ3) is 5.96. The molecule has 0 spiro atoms. The van der Waals surface area contributed by atoms with E-state index >= 15 is 0 Å². The summed E-state index contributed by atoms with van der Waals surface area (Å²) in [6.07, 6.45) is 3.55. The third-order valence-electron chi connectivity index (χ3n) is 5.28. The SMILES string of the molecule is CN(Cc1ccc(OC(F)F)cc1)C(=O)c1ccc(Cl)c(S(=O)(=O)N2CCCCCC2)c1. The maximum Gasteiger partial charge on any atom is 0.387 e. The van der Waals surface area contributed by atoms with Crippen molar-refractivity contribution in [3.63, 3.8) is 0 Å². The zero-order chi connectivity index (χ0) is 23.3. The van der Waals surface area contributed by atoms with Crippen molar-refractivity contribution in [2.75, 3.05) is 20.1 Å². The van der Waals surface area contributed by atoms with Crippen molar-refractivity contribution in [3.05, 3.63) is 58.6 Å². The average Bonchev–Trinajstić information content (AvgIpc) is 3.04. The van der Waals surface area contributed by atoms with Gasteiger partial charge in [-0.3, -0.25) is 4.79 Å². The van der Waals surface area contributed by atoms with Crippen LogP contribution in [0.5, 0.6) is 5.75 Å². The molecule has 0 saturated carbocycles. The first-order valence-corrected chi connectivity index (χ1v) is 12.1. The molecule has 6 nitrogen and oxygen atoms in total. The minimum absolute atomic E-state index is 0.0267. The number of hydrogen-bond donors (Lipinski definition) is 0. The second kappa shape index (κ2) is 10.6. The summed E-state index contributed by atoms with van der Waals surface area (Å²) < 4.78 is 56.6. The molecule has 0 atom stereocenters. The van der Waals surface area contributed by atoms with Crippen molar-refractivity contribution in [2.24, 2.45) is 0 Å². The van der Waals surface area contributed by atoms with Crippen molar-refractivity contribution >= 4 is 27.5 Å². The molecule has 1 fully saturated rings. The number of alkyl halides is 2. The second-order valence-electron chi connectivity index (χ2n) is 7.65. The lowest BCUT2D eigenvalue weighted by Gasteiger charge is -2.22. The van der Waals surface area contributed by atoms with Gasteiger partial charge in [-0.1, -0.05) is 36.6 Å². The molecule has 2 aromatic rings. The van der Waals surface area contributed by atoms with Gasteiger partial charge in [0.1, 0.15) is 10.6 Å². The van der Waals surface area contributed by atoms with Crippen molar-refractivity contribution < 1.29 is 26.7 Å². The Morgan fingerprint density at radius 3 is 2.31 bits per heavy atom. The second-order valence-corrected chi connectivity index (χ2v) is 9.96. The average molecular weight is 487 g/mol. The standard InChI is InChI=1S/C22H25ClF2N2O4S/c1-26(15-16-6-9-18(10-7-16)31-22(24)25)21(28)17-8-11-19(23)20(14-17)32(29,30)27-12-4-2-3-5-13-27/h6-11,14,22H,2-5,12-13,15H2,1H3. The van der Waals surface area contributed by atoms with E-state index in [9.17, 15) is 22.0 Å². The minimum Gasteiger partial charge on any atom is -0.435 e. The van der Waals surface area contributed by atoms with Gasteiger partial charge in [0, 0.05) is 32.2 Å². The summed E-state index contributed by atoms with van der Waals surface area (Å²) in [5.41, 5.74) is 0.900. The Balaban J connectivity index is 1.76. The van der Waals surface area contributed by atoms with Gasteiger partial charge < -0.3 is 9.64 Å². The number of carbonyl (C=O) groups is 1. The van der Waals surface area contributed by atoms with E-state index in [1.54, 1.807) is 19.2 Å². The lowest BCUT2D eigenvalue weighted by atomic mass is 10.1. The number of halogens is 3. The quantitative estimate of drug-likeness (QED) is 0.565. The molecule has 1 heterocycles. The summed E-state index contributed by atoms with van der Waals surface area (Å²) in [5.74, 6) is -0.360. The van der Waals surface area contributed by atoms with Crippen LogP contribution in [0.25, 0.3) is 0 Å². The van der Waals surface area contributed by atoms with Crippen LogP contribution in [-0.4, -0.2) is 50.3 Å². The molecule has 0 N–H and O–H groups in total. The molecule has 2 aromatic carbocycles.